The quantitative estimate of drug-likeness (QED) is 0.618. The van der Waals surface area contributed by atoms with Gasteiger partial charge in [0.2, 0.25) is 23.5 Å². The predicted octanol–water partition coefficient (Wildman–Crippen LogP) is 3.33. The minimum absolute atomic E-state index is 0.0433. The van der Waals surface area contributed by atoms with Crippen molar-refractivity contribution < 1.29 is 18.8 Å². The van der Waals surface area contributed by atoms with Crippen molar-refractivity contribution in [1.29, 1.82) is 0 Å². The van der Waals surface area contributed by atoms with Crippen LogP contribution in [0.25, 0.3) is 11.4 Å². The average molecular weight is 447 g/mol. The summed E-state index contributed by atoms with van der Waals surface area (Å²) < 4.78 is 10.7. The first-order valence-corrected chi connectivity index (χ1v) is 11.1. The van der Waals surface area contributed by atoms with Gasteiger partial charge < -0.3 is 19.1 Å². The Hall–Kier alpha value is -2.45. The van der Waals surface area contributed by atoms with E-state index in [-0.39, 0.29) is 30.3 Å². The van der Waals surface area contributed by atoms with Crippen LogP contribution in [0.4, 0.5) is 0 Å². The molecule has 1 saturated heterocycles. The van der Waals surface area contributed by atoms with E-state index in [1.165, 1.54) is 0 Å². The fourth-order valence-electron chi connectivity index (χ4n) is 3.88. The fraction of sp³-hybridized carbons (Fsp3) is 0.545. The third-order valence-electron chi connectivity index (χ3n) is 5.78. The van der Waals surface area contributed by atoms with Crippen molar-refractivity contribution in [2.45, 2.75) is 38.1 Å². The van der Waals surface area contributed by atoms with Crippen molar-refractivity contribution in [2.75, 3.05) is 33.4 Å². The minimum atomic E-state index is -0.282. The molecule has 166 valence electrons. The Morgan fingerprint density at radius 2 is 2.00 bits per heavy atom. The van der Waals surface area contributed by atoms with E-state index in [0.29, 0.717) is 36.4 Å². The third-order valence-corrected chi connectivity index (χ3v) is 6.03. The van der Waals surface area contributed by atoms with E-state index in [0.717, 1.165) is 37.7 Å². The van der Waals surface area contributed by atoms with E-state index in [1.807, 2.05) is 12.1 Å². The first-order valence-electron chi connectivity index (χ1n) is 10.7. The summed E-state index contributed by atoms with van der Waals surface area (Å²) >= 11 is 5.95. The Kier molecular flexibility index (Phi) is 6.87. The Balaban J connectivity index is 1.48. The Morgan fingerprint density at radius 1 is 1.23 bits per heavy atom. The number of nitrogens with zero attached hydrogens (tertiary/aromatic N) is 4. The fourth-order valence-corrected chi connectivity index (χ4v) is 4.01. The zero-order chi connectivity index (χ0) is 21.8. The van der Waals surface area contributed by atoms with Crippen LogP contribution in [-0.4, -0.2) is 65.1 Å². The maximum Gasteiger partial charge on any atom is 0.249 e. The standard InChI is InChI=1S/C22H27ClN4O4/c1-30-13-12-26(22(29)16-5-6-16)14-19(28)27-11-3-2-4-18(27)21-24-20(25-31-21)15-7-9-17(23)10-8-15/h7-10,16,18H,2-6,11-14H2,1H3. The summed E-state index contributed by atoms with van der Waals surface area (Å²) in [6.45, 7) is 1.48. The van der Waals surface area contributed by atoms with Crippen LogP contribution in [0.3, 0.4) is 0 Å². The summed E-state index contributed by atoms with van der Waals surface area (Å²) in [5.74, 6) is 0.896. The molecule has 0 N–H and O–H groups in total. The molecule has 2 aliphatic rings. The highest BCUT2D eigenvalue weighted by molar-refractivity contribution is 6.30. The van der Waals surface area contributed by atoms with E-state index in [1.54, 1.807) is 29.0 Å². The van der Waals surface area contributed by atoms with Crippen LogP contribution in [0.15, 0.2) is 28.8 Å². The summed E-state index contributed by atoms with van der Waals surface area (Å²) in [6.07, 6.45) is 4.44. The van der Waals surface area contributed by atoms with Gasteiger partial charge in [-0.25, -0.2) is 0 Å². The van der Waals surface area contributed by atoms with Gasteiger partial charge in [-0.3, -0.25) is 9.59 Å². The first-order chi connectivity index (χ1) is 15.1. The molecule has 2 amide bonds. The van der Waals surface area contributed by atoms with Crippen LogP contribution in [0.5, 0.6) is 0 Å². The maximum atomic E-state index is 13.2. The van der Waals surface area contributed by atoms with Crippen LogP contribution in [0, 0.1) is 5.92 Å². The molecule has 1 aromatic carbocycles. The molecule has 0 spiro atoms. The van der Waals surface area contributed by atoms with Gasteiger partial charge in [-0.05, 0) is 56.4 Å². The molecular weight excluding hydrogens is 420 g/mol. The third kappa shape index (κ3) is 5.25. The van der Waals surface area contributed by atoms with Crippen LogP contribution < -0.4 is 0 Å². The van der Waals surface area contributed by atoms with Crippen molar-refractivity contribution in [3.8, 4) is 11.4 Å². The highest BCUT2D eigenvalue weighted by Gasteiger charge is 2.37. The molecule has 0 bridgehead atoms. The van der Waals surface area contributed by atoms with Crippen LogP contribution in [0.2, 0.25) is 5.02 Å². The molecular formula is C22H27ClN4O4. The second-order valence-corrected chi connectivity index (χ2v) is 8.53. The molecule has 8 nitrogen and oxygen atoms in total. The van der Waals surface area contributed by atoms with Gasteiger partial charge in [0.05, 0.1) is 13.2 Å². The van der Waals surface area contributed by atoms with Gasteiger partial charge in [0.15, 0.2) is 0 Å². The number of halogens is 1. The van der Waals surface area contributed by atoms with Crippen molar-refractivity contribution in [3.63, 3.8) is 0 Å². The molecule has 9 heteroatoms. The van der Waals surface area contributed by atoms with Gasteiger partial charge in [-0.2, -0.15) is 4.98 Å². The number of amides is 2. The van der Waals surface area contributed by atoms with E-state index in [2.05, 4.69) is 10.1 Å². The molecule has 0 radical (unpaired) electrons. The van der Waals surface area contributed by atoms with Crippen molar-refractivity contribution in [1.82, 2.24) is 19.9 Å². The number of carbonyl (C=O) groups is 2. The highest BCUT2D eigenvalue weighted by Crippen LogP contribution is 2.33. The molecule has 1 aromatic heterocycles. The lowest BCUT2D eigenvalue weighted by Gasteiger charge is -2.35. The molecule has 2 heterocycles. The molecule has 4 rings (SSSR count). The van der Waals surface area contributed by atoms with Crippen molar-refractivity contribution in [3.05, 3.63) is 35.2 Å². The largest absolute Gasteiger partial charge is 0.383 e. The smallest absolute Gasteiger partial charge is 0.249 e. The molecule has 1 aliphatic heterocycles. The molecule has 2 aromatic rings. The molecule has 1 saturated carbocycles. The summed E-state index contributed by atoms with van der Waals surface area (Å²) in [5.41, 5.74) is 0.800. The molecule has 1 atom stereocenters. The van der Waals surface area contributed by atoms with Crippen molar-refractivity contribution in [2.24, 2.45) is 5.92 Å². The number of benzene rings is 1. The SMILES string of the molecule is COCCN(CC(=O)N1CCCCC1c1nc(-c2ccc(Cl)cc2)no1)C(=O)C1CC1. The molecule has 2 fully saturated rings. The second-order valence-electron chi connectivity index (χ2n) is 8.09. The van der Waals surface area contributed by atoms with E-state index < -0.39 is 0 Å². The van der Waals surface area contributed by atoms with Gasteiger partial charge in [0.1, 0.15) is 6.04 Å². The number of aromatic nitrogens is 2. The number of likely N-dealkylation sites (tertiary alicyclic amines) is 1. The average Bonchev–Trinajstić information content (AvgIpc) is 3.53. The maximum absolute atomic E-state index is 13.2. The number of carbonyl (C=O) groups excluding carboxylic acids is 2. The number of methoxy groups -OCH3 is 1. The number of ether oxygens (including phenoxy) is 1. The lowest BCUT2D eigenvalue weighted by molar-refractivity contribution is -0.144. The van der Waals surface area contributed by atoms with Crippen LogP contribution >= 0.6 is 11.6 Å². The Bertz CT molecular complexity index is 912. The normalized spacial score (nSPS) is 18.8. The summed E-state index contributed by atoms with van der Waals surface area (Å²) in [5, 5.41) is 4.73. The van der Waals surface area contributed by atoms with Crippen molar-refractivity contribution >= 4 is 23.4 Å². The van der Waals surface area contributed by atoms with E-state index >= 15 is 0 Å². The zero-order valence-corrected chi connectivity index (χ0v) is 18.4. The Labute approximate surface area is 186 Å². The first kappa shape index (κ1) is 21.8. The summed E-state index contributed by atoms with van der Waals surface area (Å²) in [6, 6.07) is 6.93. The monoisotopic (exact) mass is 446 g/mol. The van der Waals surface area contributed by atoms with Gasteiger partial charge >= 0.3 is 0 Å². The number of piperidine rings is 1. The summed E-state index contributed by atoms with van der Waals surface area (Å²) in [4.78, 5) is 33.8. The molecule has 31 heavy (non-hydrogen) atoms. The minimum Gasteiger partial charge on any atom is -0.383 e. The summed E-state index contributed by atoms with van der Waals surface area (Å²) in [7, 11) is 1.59. The number of hydrogen-bond donors (Lipinski definition) is 0. The zero-order valence-electron chi connectivity index (χ0n) is 17.6. The van der Waals surface area contributed by atoms with Gasteiger partial charge in [-0.1, -0.05) is 16.8 Å². The molecule has 1 aliphatic carbocycles. The highest BCUT2D eigenvalue weighted by atomic mass is 35.5. The van der Waals surface area contributed by atoms with Gasteiger partial charge in [0, 0.05) is 36.7 Å². The molecule has 1 unspecified atom stereocenters. The van der Waals surface area contributed by atoms with Crippen LogP contribution in [0.1, 0.15) is 44.0 Å². The number of hydrogen-bond acceptors (Lipinski definition) is 6. The Morgan fingerprint density at radius 3 is 2.71 bits per heavy atom. The van der Waals surface area contributed by atoms with E-state index in [9.17, 15) is 9.59 Å². The van der Waals surface area contributed by atoms with Gasteiger partial charge in [0.25, 0.3) is 0 Å². The number of rotatable bonds is 8. The topological polar surface area (TPSA) is 88.8 Å². The second kappa shape index (κ2) is 9.78. The lowest BCUT2D eigenvalue weighted by Crippen LogP contribution is -2.47. The van der Waals surface area contributed by atoms with Crippen LogP contribution in [-0.2, 0) is 14.3 Å². The van der Waals surface area contributed by atoms with E-state index in [4.69, 9.17) is 20.9 Å². The van der Waals surface area contributed by atoms with Gasteiger partial charge in [-0.15, -0.1) is 0 Å². The predicted molar refractivity (Wildman–Crippen MR) is 114 cm³/mol. The lowest BCUT2D eigenvalue weighted by atomic mass is 10.0.